The van der Waals surface area contributed by atoms with E-state index in [-0.39, 0.29) is 11.7 Å². The van der Waals surface area contributed by atoms with Gasteiger partial charge in [0.15, 0.2) is 5.56 Å². The van der Waals surface area contributed by atoms with Crippen molar-refractivity contribution in [3.8, 4) is 0 Å². The Labute approximate surface area is 73.0 Å². The average Bonchev–Trinajstić information content (AvgIpc) is 2.46. The normalized spacial score (nSPS) is 27.8. The molecule has 1 aliphatic heterocycles. The van der Waals surface area contributed by atoms with Crippen molar-refractivity contribution < 1.29 is 4.74 Å². The Balaban J connectivity index is 0.000000183. The number of alkyl halides is 1. The predicted octanol–water partition coefficient (Wildman–Crippen LogP) is 1.00. The molecule has 4 N–H and O–H groups in total. The lowest BCUT2D eigenvalue weighted by molar-refractivity contribution is 0.411. The molecule has 1 heterocycles. The number of halogens is 1. The van der Waals surface area contributed by atoms with Gasteiger partial charge in [0.25, 0.3) is 0 Å². The minimum absolute atomic E-state index is 0.0231. The zero-order valence-corrected chi connectivity index (χ0v) is 7.84. The molecule has 0 radical (unpaired) electrons. The maximum absolute atomic E-state index is 5.31. The largest absolute Gasteiger partial charge is 0.353 e. The van der Waals surface area contributed by atoms with Gasteiger partial charge >= 0.3 is 0 Å². The Hall–Kier alpha value is 0.170. The van der Waals surface area contributed by atoms with Crippen molar-refractivity contribution in [3.05, 3.63) is 0 Å². The zero-order valence-electron chi connectivity index (χ0n) is 7.09. The minimum atomic E-state index is -0.102. The zero-order chi connectivity index (χ0) is 8.85. The smallest absolute Gasteiger partial charge is 0.157 e. The van der Waals surface area contributed by atoms with Crippen molar-refractivity contribution in [1.82, 2.24) is 0 Å². The molecule has 11 heavy (non-hydrogen) atoms. The van der Waals surface area contributed by atoms with Gasteiger partial charge < -0.3 is 16.2 Å². The summed E-state index contributed by atoms with van der Waals surface area (Å²) in [6.07, 6.45) is 2.23. The Bertz CT molecular complexity index is 94.4. The third-order valence-electron chi connectivity index (χ3n) is 1.26. The van der Waals surface area contributed by atoms with Crippen LogP contribution in [-0.2, 0) is 4.74 Å². The third-order valence-corrected chi connectivity index (χ3v) is 1.72. The fourth-order valence-corrected chi connectivity index (χ4v) is 0.655. The molecule has 3 nitrogen and oxygen atoms in total. The number of epoxide rings is 1. The van der Waals surface area contributed by atoms with E-state index >= 15 is 0 Å². The second kappa shape index (κ2) is 5.77. The molecule has 0 saturated carbocycles. The molecule has 1 fully saturated rings. The van der Waals surface area contributed by atoms with E-state index in [1.165, 1.54) is 0 Å². The fraction of sp³-hybridized carbons (Fsp3) is 1.00. The highest BCUT2D eigenvalue weighted by Crippen LogP contribution is 2.23. The van der Waals surface area contributed by atoms with Crippen LogP contribution in [0.2, 0.25) is 0 Å². The van der Waals surface area contributed by atoms with E-state index < -0.39 is 0 Å². The predicted molar refractivity (Wildman–Crippen MR) is 47.3 cm³/mol. The number of rotatable bonds is 2. The van der Waals surface area contributed by atoms with Gasteiger partial charge in [0.1, 0.15) is 0 Å². The van der Waals surface area contributed by atoms with Gasteiger partial charge in [-0.1, -0.05) is 24.9 Å². The van der Waals surface area contributed by atoms with Gasteiger partial charge in [-0.3, -0.25) is 0 Å². The van der Waals surface area contributed by atoms with Crippen LogP contribution in [0.1, 0.15) is 26.7 Å². The lowest BCUT2D eigenvalue weighted by Gasteiger charge is -1.97. The highest BCUT2D eigenvalue weighted by Gasteiger charge is 2.30. The Morgan fingerprint density at radius 1 is 1.55 bits per heavy atom. The van der Waals surface area contributed by atoms with Gasteiger partial charge in [-0.2, -0.15) is 0 Å². The molecule has 0 aromatic carbocycles. The Morgan fingerprint density at radius 3 is 1.91 bits per heavy atom. The first-order valence-corrected chi connectivity index (χ1v) is 4.32. The second-order valence-electron chi connectivity index (χ2n) is 2.64. The fourth-order valence-electron chi connectivity index (χ4n) is 0.493. The van der Waals surface area contributed by atoms with Crippen molar-refractivity contribution in [2.75, 3.05) is 0 Å². The summed E-state index contributed by atoms with van der Waals surface area (Å²) in [4.78, 5) is 0. The van der Waals surface area contributed by atoms with Crippen LogP contribution >= 0.6 is 11.6 Å². The van der Waals surface area contributed by atoms with Crippen LogP contribution in [0.4, 0.5) is 0 Å². The lowest BCUT2D eigenvalue weighted by atomic mass is 10.3. The molecule has 0 aromatic heterocycles. The number of nitrogens with two attached hydrogens (primary N) is 2. The molecule has 0 aliphatic carbocycles. The summed E-state index contributed by atoms with van der Waals surface area (Å²) >= 11 is 5.31. The van der Waals surface area contributed by atoms with Crippen LogP contribution in [0, 0.1) is 0 Å². The summed E-state index contributed by atoms with van der Waals surface area (Å²) < 4.78 is 4.68. The van der Waals surface area contributed by atoms with Gasteiger partial charge in [-0.05, 0) is 13.3 Å². The van der Waals surface area contributed by atoms with Gasteiger partial charge in [0, 0.05) is 0 Å². The van der Waals surface area contributed by atoms with Crippen LogP contribution in [0.25, 0.3) is 0 Å². The standard InChI is InChI=1S/C4H12N2.C3H5ClO/c1-2-3-4(5)6;1-2-3(4)5-2/h4H,2-3,5-6H2,1H3;2-3H,1H3. The van der Waals surface area contributed by atoms with Gasteiger partial charge in [-0.25, -0.2) is 0 Å². The van der Waals surface area contributed by atoms with E-state index in [1.807, 2.05) is 6.92 Å². The van der Waals surface area contributed by atoms with E-state index in [0.717, 1.165) is 12.8 Å². The first kappa shape index (κ1) is 11.2. The van der Waals surface area contributed by atoms with E-state index in [9.17, 15) is 0 Å². The average molecular weight is 181 g/mol. The molecule has 1 aliphatic rings. The van der Waals surface area contributed by atoms with Crippen molar-refractivity contribution >= 4 is 11.6 Å². The van der Waals surface area contributed by atoms with E-state index in [1.54, 1.807) is 0 Å². The summed E-state index contributed by atoms with van der Waals surface area (Å²) in [6.45, 7) is 4.00. The van der Waals surface area contributed by atoms with Crippen molar-refractivity contribution in [2.24, 2.45) is 11.5 Å². The Morgan fingerprint density at radius 2 is 1.91 bits per heavy atom. The molecule has 2 unspecified atom stereocenters. The molecule has 0 bridgehead atoms. The molecular formula is C7H17ClN2O. The summed E-state index contributed by atoms with van der Waals surface area (Å²) in [5, 5.41) is 0. The maximum atomic E-state index is 5.31. The second-order valence-corrected chi connectivity index (χ2v) is 3.08. The van der Waals surface area contributed by atoms with Crippen LogP contribution in [0.5, 0.6) is 0 Å². The van der Waals surface area contributed by atoms with Crippen LogP contribution < -0.4 is 11.5 Å². The monoisotopic (exact) mass is 180 g/mol. The third kappa shape index (κ3) is 8.07. The lowest BCUT2D eigenvalue weighted by Crippen LogP contribution is -2.29. The molecular weight excluding hydrogens is 164 g/mol. The van der Waals surface area contributed by atoms with Crippen molar-refractivity contribution in [3.63, 3.8) is 0 Å². The summed E-state index contributed by atoms with van der Waals surface area (Å²) in [7, 11) is 0. The summed E-state index contributed by atoms with van der Waals surface area (Å²) in [6, 6.07) is 0. The number of ether oxygens (including phenoxy) is 1. The molecule has 68 valence electrons. The van der Waals surface area contributed by atoms with Crippen molar-refractivity contribution in [1.29, 1.82) is 0 Å². The first-order valence-electron chi connectivity index (χ1n) is 3.88. The van der Waals surface area contributed by atoms with E-state index in [2.05, 4.69) is 11.7 Å². The number of hydrogen-bond acceptors (Lipinski definition) is 3. The Kier molecular flexibility index (Phi) is 5.86. The summed E-state index contributed by atoms with van der Waals surface area (Å²) in [5.74, 6) is 0. The number of hydrogen-bond donors (Lipinski definition) is 2. The van der Waals surface area contributed by atoms with Gasteiger partial charge in [0.2, 0.25) is 0 Å². The van der Waals surface area contributed by atoms with Crippen LogP contribution in [0.15, 0.2) is 0 Å². The summed E-state index contributed by atoms with van der Waals surface area (Å²) in [5.41, 5.74) is 10.4. The van der Waals surface area contributed by atoms with Crippen LogP contribution in [0.3, 0.4) is 0 Å². The first-order chi connectivity index (χ1) is 5.07. The molecule has 1 saturated heterocycles. The molecule has 0 amide bonds. The highest BCUT2D eigenvalue weighted by atomic mass is 35.5. The molecule has 0 aromatic rings. The van der Waals surface area contributed by atoms with E-state index in [0.29, 0.717) is 6.10 Å². The molecule has 2 atom stereocenters. The van der Waals surface area contributed by atoms with Crippen molar-refractivity contribution in [2.45, 2.75) is 44.5 Å². The molecule has 1 rings (SSSR count). The molecule has 4 heteroatoms. The topological polar surface area (TPSA) is 64.6 Å². The molecule has 0 spiro atoms. The minimum Gasteiger partial charge on any atom is -0.353 e. The van der Waals surface area contributed by atoms with E-state index in [4.69, 9.17) is 23.1 Å². The maximum Gasteiger partial charge on any atom is 0.157 e. The van der Waals surface area contributed by atoms with Gasteiger partial charge in [-0.15, -0.1) is 0 Å². The SMILES string of the molecule is CC1OC1Cl.CCCC(N)N. The van der Waals surface area contributed by atoms with Gasteiger partial charge in [0.05, 0.1) is 12.3 Å². The quantitative estimate of drug-likeness (QED) is 0.379. The van der Waals surface area contributed by atoms with Crippen LogP contribution in [-0.4, -0.2) is 17.8 Å². The highest BCUT2D eigenvalue weighted by molar-refractivity contribution is 6.21.